The van der Waals surface area contributed by atoms with Crippen molar-refractivity contribution in [1.82, 2.24) is 0 Å². The van der Waals surface area contributed by atoms with Gasteiger partial charge in [0.05, 0.1) is 12.7 Å². The molecule has 18 heavy (non-hydrogen) atoms. The van der Waals surface area contributed by atoms with Crippen LogP contribution in [0.4, 0.5) is 11.4 Å². The third-order valence-corrected chi connectivity index (χ3v) is 3.47. The second-order valence-corrected chi connectivity index (χ2v) is 5.15. The first-order valence-corrected chi connectivity index (χ1v) is 7.18. The van der Waals surface area contributed by atoms with E-state index in [2.05, 4.69) is 23.2 Å². The minimum absolute atomic E-state index is 0.403. The molecule has 3 N–H and O–H groups in total. The molecule has 100 valence electrons. The lowest BCUT2D eigenvalue weighted by atomic mass is 10.1. The van der Waals surface area contributed by atoms with Gasteiger partial charge >= 0.3 is 5.97 Å². The fourth-order valence-electron chi connectivity index (χ4n) is 1.59. The zero-order valence-electron chi connectivity index (χ0n) is 11.0. The van der Waals surface area contributed by atoms with Crippen molar-refractivity contribution < 1.29 is 9.53 Å². The van der Waals surface area contributed by atoms with Gasteiger partial charge in [-0.05, 0) is 36.1 Å². The van der Waals surface area contributed by atoms with Gasteiger partial charge < -0.3 is 15.8 Å². The fraction of sp³-hybridized carbons (Fsp3) is 0.462. The average molecular weight is 268 g/mol. The van der Waals surface area contributed by atoms with Gasteiger partial charge in [0.25, 0.3) is 0 Å². The Bertz CT molecular complexity index is 410. The van der Waals surface area contributed by atoms with E-state index in [9.17, 15) is 4.79 Å². The topological polar surface area (TPSA) is 64.3 Å². The van der Waals surface area contributed by atoms with Crippen LogP contribution in [-0.4, -0.2) is 31.6 Å². The fourth-order valence-corrected chi connectivity index (χ4v) is 2.28. The molecule has 0 saturated carbocycles. The van der Waals surface area contributed by atoms with E-state index in [1.54, 1.807) is 12.1 Å². The van der Waals surface area contributed by atoms with Crippen molar-refractivity contribution in [2.75, 3.05) is 36.7 Å². The average Bonchev–Trinajstić information content (AvgIpc) is 2.37. The minimum atomic E-state index is -0.409. The molecule has 0 amide bonds. The molecule has 0 fully saturated rings. The zero-order chi connectivity index (χ0) is 13.5. The van der Waals surface area contributed by atoms with Gasteiger partial charge in [0.1, 0.15) is 0 Å². The van der Waals surface area contributed by atoms with Gasteiger partial charge in [-0.1, -0.05) is 6.92 Å². The highest BCUT2D eigenvalue weighted by atomic mass is 32.2. The Morgan fingerprint density at radius 2 is 2.28 bits per heavy atom. The summed E-state index contributed by atoms with van der Waals surface area (Å²) >= 11 is 1.82. The summed E-state index contributed by atoms with van der Waals surface area (Å²) < 4.78 is 4.69. The maximum absolute atomic E-state index is 11.5. The number of anilines is 2. The Hall–Kier alpha value is -1.36. The lowest BCUT2D eigenvalue weighted by molar-refractivity contribution is 0.0602. The first kappa shape index (κ1) is 14.7. The van der Waals surface area contributed by atoms with E-state index >= 15 is 0 Å². The molecule has 0 bridgehead atoms. The normalized spacial score (nSPS) is 11.9. The van der Waals surface area contributed by atoms with Crippen molar-refractivity contribution in [3.63, 3.8) is 0 Å². The number of nitrogens with two attached hydrogens (primary N) is 1. The van der Waals surface area contributed by atoms with E-state index < -0.39 is 5.97 Å². The maximum atomic E-state index is 11.5. The molecular formula is C13H20N2O2S. The van der Waals surface area contributed by atoms with Crippen LogP contribution in [0.1, 0.15) is 17.3 Å². The van der Waals surface area contributed by atoms with E-state index in [1.807, 2.05) is 17.8 Å². The molecule has 1 rings (SSSR count). The van der Waals surface area contributed by atoms with E-state index in [0.29, 0.717) is 17.2 Å². The molecule has 1 atom stereocenters. The monoisotopic (exact) mass is 268 g/mol. The number of rotatable bonds is 6. The highest BCUT2D eigenvalue weighted by molar-refractivity contribution is 7.98. The Kier molecular flexibility index (Phi) is 5.85. The van der Waals surface area contributed by atoms with Crippen molar-refractivity contribution in [3.8, 4) is 0 Å². The smallest absolute Gasteiger partial charge is 0.340 e. The number of methoxy groups -OCH3 is 1. The largest absolute Gasteiger partial charge is 0.465 e. The Balaban J connectivity index is 2.70. The second-order valence-electron chi connectivity index (χ2n) is 4.24. The van der Waals surface area contributed by atoms with Gasteiger partial charge in [-0.3, -0.25) is 0 Å². The summed E-state index contributed by atoms with van der Waals surface area (Å²) in [6.45, 7) is 3.05. The molecule has 0 aromatic heterocycles. The molecule has 0 aliphatic rings. The van der Waals surface area contributed by atoms with Gasteiger partial charge in [0.2, 0.25) is 0 Å². The third kappa shape index (κ3) is 4.14. The molecule has 4 nitrogen and oxygen atoms in total. The standard InChI is InChI=1S/C13H20N2O2S/c1-9(8-18-3)7-15-10-4-5-12(14)11(6-10)13(16)17-2/h4-6,9,15H,7-8,14H2,1-3H3. The number of benzene rings is 1. The predicted molar refractivity (Wildman–Crippen MR) is 78.2 cm³/mol. The van der Waals surface area contributed by atoms with Crippen LogP contribution in [0, 0.1) is 5.92 Å². The molecule has 5 heteroatoms. The maximum Gasteiger partial charge on any atom is 0.340 e. The lowest BCUT2D eigenvalue weighted by Crippen LogP contribution is -2.14. The molecule has 0 aliphatic heterocycles. The molecule has 0 spiro atoms. The highest BCUT2D eigenvalue weighted by Crippen LogP contribution is 2.19. The van der Waals surface area contributed by atoms with Crippen molar-refractivity contribution in [2.45, 2.75) is 6.92 Å². The van der Waals surface area contributed by atoms with Crippen LogP contribution in [0.15, 0.2) is 18.2 Å². The molecule has 1 aromatic rings. The van der Waals surface area contributed by atoms with Crippen LogP contribution >= 0.6 is 11.8 Å². The van der Waals surface area contributed by atoms with Crippen molar-refractivity contribution in [1.29, 1.82) is 0 Å². The van der Waals surface area contributed by atoms with Crippen LogP contribution in [0.5, 0.6) is 0 Å². The molecule has 0 radical (unpaired) electrons. The summed E-state index contributed by atoms with van der Waals surface area (Å²) in [6, 6.07) is 5.31. The number of esters is 1. The molecule has 0 heterocycles. The summed E-state index contributed by atoms with van der Waals surface area (Å²) in [5.41, 5.74) is 7.46. The van der Waals surface area contributed by atoms with Crippen LogP contribution in [0.3, 0.4) is 0 Å². The van der Waals surface area contributed by atoms with E-state index in [4.69, 9.17) is 5.73 Å². The zero-order valence-corrected chi connectivity index (χ0v) is 11.8. The Morgan fingerprint density at radius 1 is 1.56 bits per heavy atom. The van der Waals surface area contributed by atoms with E-state index in [0.717, 1.165) is 18.0 Å². The van der Waals surface area contributed by atoms with Gasteiger partial charge in [0, 0.05) is 17.9 Å². The minimum Gasteiger partial charge on any atom is -0.465 e. The quantitative estimate of drug-likeness (QED) is 0.613. The van der Waals surface area contributed by atoms with Crippen LogP contribution in [0.25, 0.3) is 0 Å². The van der Waals surface area contributed by atoms with Crippen molar-refractivity contribution in [3.05, 3.63) is 23.8 Å². The van der Waals surface area contributed by atoms with Gasteiger partial charge in [-0.25, -0.2) is 4.79 Å². The summed E-state index contributed by atoms with van der Waals surface area (Å²) in [7, 11) is 1.35. The summed E-state index contributed by atoms with van der Waals surface area (Å²) in [5, 5.41) is 3.30. The number of carbonyl (C=O) groups excluding carboxylic acids is 1. The number of thioether (sulfide) groups is 1. The first-order valence-electron chi connectivity index (χ1n) is 5.79. The molecule has 0 aliphatic carbocycles. The SMILES string of the molecule is COC(=O)c1cc(NCC(C)CSC)ccc1N. The number of hydrogen-bond donors (Lipinski definition) is 2. The number of ether oxygens (including phenoxy) is 1. The Labute approximate surface area is 112 Å². The van der Waals surface area contributed by atoms with Gasteiger partial charge in [-0.15, -0.1) is 0 Å². The number of nitrogens with one attached hydrogen (secondary N) is 1. The van der Waals surface area contributed by atoms with Gasteiger partial charge in [-0.2, -0.15) is 11.8 Å². The number of nitrogen functional groups attached to an aromatic ring is 1. The molecule has 1 aromatic carbocycles. The predicted octanol–water partition coefficient (Wildman–Crippen LogP) is 2.47. The molecule has 0 saturated heterocycles. The highest BCUT2D eigenvalue weighted by Gasteiger charge is 2.10. The molecule has 1 unspecified atom stereocenters. The third-order valence-electron chi connectivity index (χ3n) is 2.56. The lowest BCUT2D eigenvalue weighted by Gasteiger charge is -2.13. The summed E-state index contributed by atoms with van der Waals surface area (Å²) in [4.78, 5) is 11.5. The van der Waals surface area contributed by atoms with E-state index in [1.165, 1.54) is 7.11 Å². The van der Waals surface area contributed by atoms with Crippen molar-refractivity contribution >= 4 is 29.1 Å². The van der Waals surface area contributed by atoms with Crippen LogP contribution < -0.4 is 11.1 Å². The van der Waals surface area contributed by atoms with Crippen LogP contribution in [-0.2, 0) is 4.74 Å². The number of carbonyl (C=O) groups is 1. The first-order chi connectivity index (χ1) is 8.58. The number of hydrogen-bond acceptors (Lipinski definition) is 5. The van der Waals surface area contributed by atoms with Gasteiger partial charge in [0.15, 0.2) is 0 Å². The van der Waals surface area contributed by atoms with Crippen molar-refractivity contribution in [2.24, 2.45) is 5.92 Å². The molecular weight excluding hydrogens is 248 g/mol. The summed E-state index contributed by atoms with van der Waals surface area (Å²) in [5.74, 6) is 1.26. The Morgan fingerprint density at radius 3 is 2.89 bits per heavy atom. The summed E-state index contributed by atoms with van der Waals surface area (Å²) in [6.07, 6.45) is 2.09. The van der Waals surface area contributed by atoms with E-state index in [-0.39, 0.29) is 0 Å². The van der Waals surface area contributed by atoms with Crippen LogP contribution in [0.2, 0.25) is 0 Å². The second kappa shape index (κ2) is 7.16.